The second-order valence-electron chi connectivity index (χ2n) is 4.94. The highest BCUT2D eigenvalue weighted by Gasteiger charge is 2.18. The summed E-state index contributed by atoms with van der Waals surface area (Å²) in [5.41, 5.74) is 6.70. The topological polar surface area (TPSA) is 110 Å². The zero-order valence-corrected chi connectivity index (χ0v) is 12.7. The molecule has 0 spiro atoms. The smallest absolute Gasteiger partial charge is 0.264 e. The van der Waals surface area contributed by atoms with E-state index in [1.54, 1.807) is 6.20 Å². The number of hydrogen-bond donors (Lipinski definition) is 3. The van der Waals surface area contributed by atoms with E-state index in [1.807, 2.05) is 13.8 Å². The number of nitrogens with one attached hydrogen (secondary N) is 2. The van der Waals surface area contributed by atoms with Crippen LogP contribution in [0.1, 0.15) is 23.5 Å². The maximum Gasteiger partial charge on any atom is 0.264 e. The summed E-state index contributed by atoms with van der Waals surface area (Å²) in [6, 6.07) is 0. The van der Waals surface area contributed by atoms with E-state index in [0.29, 0.717) is 33.4 Å². The van der Waals surface area contributed by atoms with E-state index < -0.39 is 5.91 Å². The van der Waals surface area contributed by atoms with Crippen molar-refractivity contribution in [3.8, 4) is 0 Å². The fraction of sp³-hybridized carbons (Fsp3) is 0.385. The minimum Gasteiger partial charge on any atom is -0.396 e. The second kappa shape index (κ2) is 6.49. The number of nitrogens with two attached hydrogens (primary N) is 1. The van der Waals surface area contributed by atoms with Gasteiger partial charge in [0.2, 0.25) is 5.91 Å². The Morgan fingerprint density at radius 2 is 2.00 bits per heavy atom. The predicted octanol–water partition coefficient (Wildman–Crippen LogP) is 0.775. The van der Waals surface area contributed by atoms with Crippen LogP contribution < -0.4 is 16.4 Å². The van der Waals surface area contributed by atoms with Gasteiger partial charge in [-0.2, -0.15) is 0 Å². The maximum atomic E-state index is 12.1. The number of hydrogen-bond acceptors (Lipinski definition) is 6. The lowest BCUT2D eigenvalue weighted by Crippen LogP contribution is -2.38. The molecule has 0 saturated carbocycles. The number of amides is 2. The van der Waals surface area contributed by atoms with Gasteiger partial charge < -0.3 is 16.4 Å². The first kappa shape index (κ1) is 15.2. The normalized spacial score (nSPS) is 10.8. The predicted molar refractivity (Wildman–Crippen MR) is 82.0 cm³/mol. The molecule has 0 aliphatic rings. The van der Waals surface area contributed by atoms with Gasteiger partial charge in [-0.25, -0.2) is 9.97 Å². The van der Waals surface area contributed by atoms with Gasteiger partial charge >= 0.3 is 0 Å². The van der Waals surface area contributed by atoms with Crippen LogP contribution in [0.3, 0.4) is 0 Å². The molecule has 0 bridgehead atoms. The zero-order valence-electron chi connectivity index (χ0n) is 11.8. The van der Waals surface area contributed by atoms with E-state index in [1.165, 1.54) is 6.20 Å². The van der Waals surface area contributed by atoms with E-state index >= 15 is 0 Å². The summed E-state index contributed by atoms with van der Waals surface area (Å²) in [5.74, 6) is -0.259. The van der Waals surface area contributed by atoms with Crippen LogP contribution in [0.15, 0.2) is 12.4 Å². The number of anilines is 1. The van der Waals surface area contributed by atoms with Gasteiger partial charge in [0, 0.05) is 18.9 Å². The van der Waals surface area contributed by atoms with E-state index in [4.69, 9.17) is 5.73 Å². The number of thiophene rings is 1. The van der Waals surface area contributed by atoms with Gasteiger partial charge in [-0.05, 0) is 5.92 Å². The lowest BCUT2D eigenvalue weighted by Gasteiger charge is -2.08. The minimum absolute atomic E-state index is 0.0832. The number of carbonyl (C=O) groups excluding carboxylic acids is 2. The average molecular weight is 307 g/mol. The number of carbonyl (C=O) groups is 2. The van der Waals surface area contributed by atoms with Gasteiger partial charge in [0.15, 0.2) is 0 Å². The van der Waals surface area contributed by atoms with Gasteiger partial charge in [0.25, 0.3) is 5.91 Å². The van der Waals surface area contributed by atoms with Crippen molar-refractivity contribution in [2.24, 2.45) is 5.92 Å². The largest absolute Gasteiger partial charge is 0.396 e. The lowest BCUT2D eigenvalue weighted by atomic mass is 10.2. The molecule has 21 heavy (non-hydrogen) atoms. The van der Waals surface area contributed by atoms with Crippen molar-refractivity contribution >= 4 is 39.2 Å². The Morgan fingerprint density at radius 3 is 2.67 bits per heavy atom. The third-order valence-corrected chi connectivity index (χ3v) is 3.79. The molecule has 0 fully saturated rings. The van der Waals surface area contributed by atoms with Gasteiger partial charge in [0.05, 0.1) is 12.2 Å². The molecule has 7 nitrogen and oxygen atoms in total. The SMILES string of the molecule is CC(C)CNC(=O)CNC(=O)c1sc2nccnc2c1N. The minimum atomic E-state index is -0.392. The van der Waals surface area contributed by atoms with Crippen LogP contribution in [-0.2, 0) is 4.79 Å². The summed E-state index contributed by atoms with van der Waals surface area (Å²) in [7, 11) is 0. The molecule has 0 atom stereocenters. The highest BCUT2D eigenvalue weighted by molar-refractivity contribution is 7.21. The molecule has 112 valence electrons. The Hall–Kier alpha value is -2.22. The summed E-state index contributed by atoms with van der Waals surface area (Å²) in [6.07, 6.45) is 3.06. The summed E-state index contributed by atoms with van der Waals surface area (Å²) < 4.78 is 0. The summed E-state index contributed by atoms with van der Waals surface area (Å²) >= 11 is 1.16. The average Bonchev–Trinajstić information content (AvgIpc) is 2.80. The Morgan fingerprint density at radius 1 is 1.29 bits per heavy atom. The molecule has 0 aliphatic carbocycles. The first-order valence-electron chi connectivity index (χ1n) is 6.53. The van der Waals surface area contributed by atoms with Crippen LogP contribution in [0.5, 0.6) is 0 Å². The van der Waals surface area contributed by atoms with Crippen molar-refractivity contribution in [2.75, 3.05) is 18.8 Å². The molecular weight excluding hydrogens is 290 g/mol. The first-order valence-corrected chi connectivity index (χ1v) is 7.34. The molecule has 0 radical (unpaired) electrons. The Labute approximate surface area is 126 Å². The molecule has 0 aliphatic heterocycles. The summed E-state index contributed by atoms with van der Waals surface area (Å²) in [6.45, 7) is 4.49. The molecule has 0 aromatic carbocycles. The van der Waals surface area contributed by atoms with Crippen LogP contribution >= 0.6 is 11.3 Å². The van der Waals surface area contributed by atoms with Crippen molar-refractivity contribution in [3.05, 3.63) is 17.3 Å². The molecular formula is C13H17N5O2S. The molecule has 0 unspecified atom stereocenters. The van der Waals surface area contributed by atoms with Gasteiger partial charge in [-0.15, -0.1) is 11.3 Å². The highest BCUT2D eigenvalue weighted by Crippen LogP contribution is 2.30. The summed E-state index contributed by atoms with van der Waals surface area (Å²) in [5, 5.41) is 5.27. The van der Waals surface area contributed by atoms with Crippen molar-refractivity contribution in [2.45, 2.75) is 13.8 Å². The van der Waals surface area contributed by atoms with Crippen LogP contribution in [0.4, 0.5) is 5.69 Å². The number of fused-ring (bicyclic) bond motifs is 1. The van der Waals surface area contributed by atoms with E-state index in [0.717, 1.165) is 11.3 Å². The number of aromatic nitrogens is 2. The van der Waals surface area contributed by atoms with E-state index in [-0.39, 0.29) is 12.5 Å². The number of rotatable bonds is 5. The van der Waals surface area contributed by atoms with Crippen molar-refractivity contribution in [3.63, 3.8) is 0 Å². The van der Waals surface area contributed by atoms with Crippen molar-refractivity contribution in [1.82, 2.24) is 20.6 Å². The quantitative estimate of drug-likeness (QED) is 0.756. The van der Waals surface area contributed by atoms with Gasteiger partial charge in [0.1, 0.15) is 15.2 Å². The first-order chi connectivity index (χ1) is 9.99. The monoisotopic (exact) mass is 307 g/mol. The van der Waals surface area contributed by atoms with Crippen LogP contribution in [0.25, 0.3) is 10.3 Å². The molecule has 2 aromatic rings. The van der Waals surface area contributed by atoms with Crippen LogP contribution in [-0.4, -0.2) is 34.9 Å². The Kier molecular flexibility index (Phi) is 4.69. The number of nitrogen functional groups attached to an aromatic ring is 1. The van der Waals surface area contributed by atoms with Gasteiger partial charge in [-0.3, -0.25) is 9.59 Å². The zero-order chi connectivity index (χ0) is 15.4. The molecule has 2 rings (SSSR count). The molecule has 2 aromatic heterocycles. The molecule has 0 saturated heterocycles. The molecule has 2 amide bonds. The van der Waals surface area contributed by atoms with Crippen molar-refractivity contribution < 1.29 is 9.59 Å². The Bertz CT molecular complexity index is 668. The molecule has 8 heteroatoms. The third kappa shape index (κ3) is 3.66. The Balaban J connectivity index is 1.99. The third-order valence-electron chi connectivity index (χ3n) is 2.69. The highest BCUT2D eigenvalue weighted by atomic mass is 32.1. The molecule has 4 N–H and O–H groups in total. The lowest BCUT2D eigenvalue weighted by molar-refractivity contribution is -0.120. The standard InChI is InChI=1S/C13H17N5O2S/c1-7(2)5-17-8(19)6-18-12(20)11-9(14)10-13(21-11)16-4-3-15-10/h3-4,7H,5-6,14H2,1-2H3,(H,17,19)(H,18,20). The fourth-order valence-electron chi connectivity index (χ4n) is 1.63. The van der Waals surface area contributed by atoms with Crippen molar-refractivity contribution in [1.29, 1.82) is 0 Å². The van der Waals surface area contributed by atoms with E-state index in [9.17, 15) is 9.59 Å². The van der Waals surface area contributed by atoms with Gasteiger partial charge in [-0.1, -0.05) is 13.8 Å². The summed E-state index contributed by atoms with van der Waals surface area (Å²) in [4.78, 5) is 32.7. The second-order valence-corrected chi connectivity index (χ2v) is 5.93. The molecule has 2 heterocycles. The van der Waals surface area contributed by atoms with E-state index in [2.05, 4.69) is 20.6 Å². The number of nitrogens with zero attached hydrogens (tertiary/aromatic N) is 2. The fourth-order valence-corrected chi connectivity index (χ4v) is 2.57. The van der Waals surface area contributed by atoms with Crippen LogP contribution in [0.2, 0.25) is 0 Å². The maximum absolute atomic E-state index is 12.1. The van der Waals surface area contributed by atoms with Crippen LogP contribution in [0, 0.1) is 5.92 Å².